The smallest absolute Gasteiger partial charge is 0.307 e. The first kappa shape index (κ1) is 34.9. The molecular formula is C39H65NO6. The van der Waals surface area contributed by atoms with Crippen LogP contribution in [0.4, 0.5) is 0 Å². The molecule has 3 saturated carbocycles. The molecule has 0 spiro atoms. The van der Waals surface area contributed by atoms with Crippen molar-refractivity contribution in [3.8, 4) is 0 Å². The molecule has 5 fully saturated rings. The van der Waals surface area contributed by atoms with E-state index in [4.69, 9.17) is 18.9 Å². The Hall–Kier alpha value is -0.990. The van der Waals surface area contributed by atoms with Crippen molar-refractivity contribution in [1.29, 1.82) is 0 Å². The lowest BCUT2D eigenvalue weighted by Gasteiger charge is -2.71. The van der Waals surface area contributed by atoms with Crippen LogP contribution in [0.1, 0.15) is 107 Å². The minimum atomic E-state index is -0.599. The van der Waals surface area contributed by atoms with Gasteiger partial charge in [-0.05, 0) is 97.8 Å². The minimum Gasteiger partial charge on any atom is -0.481 e. The van der Waals surface area contributed by atoms with E-state index in [1.54, 1.807) is 5.57 Å². The number of hydrogen-bond donors (Lipinski definition) is 2. The summed E-state index contributed by atoms with van der Waals surface area (Å²) >= 11 is 0. The molecule has 2 heterocycles. The van der Waals surface area contributed by atoms with Crippen LogP contribution in [0.2, 0.25) is 0 Å². The zero-order chi connectivity index (χ0) is 33.3. The quantitative estimate of drug-likeness (QED) is 0.259. The number of rotatable bonds is 9. The van der Waals surface area contributed by atoms with Crippen molar-refractivity contribution in [3.05, 3.63) is 11.6 Å². The topological polar surface area (TPSA) is 86.2 Å². The van der Waals surface area contributed by atoms with Crippen LogP contribution < -0.4 is 5.32 Å². The molecule has 0 aromatic heterocycles. The standard InChI is InChI=1S/C39H65NO6/c1-10-40-38(17-19-44-20-18-38)23-46-32-29(43-9)21-39-24-45-22-35(32,6)30(39)12-11-27-28(39)13-14-37(8)31(33(41)42)34(5,26(4)25(2)3)15-16-36(27,37)7/h13,25-27,29-32,40H,10-12,14-24H2,1-9H3,(H,41,42)/t26-,27+,29-,30+,31-,32+,34-,35?,36-,37+,39+/m1/s1. The molecule has 46 heavy (non-hydrogen) atoms. The SMILES string of the molecule is CCNC1(CO[C@H]2[C@H](OC)C[C@@]34COCC2(C)[C@@H]3CC[C@H]2C4=CC[C@@]3(C)[C@H](C(=O)O)[C@@](C)([C@H](C)C(C)C)CC[C@]23C)CCOCC1. The fraction of sp³-hybridized carbons (Fsp3) is 0.923. The number of aliphatic carboxylic acids is 1. The van der Waals surface area contributed by atoms with Crippen LogP contribution >= 0.6 is 0 Å². The van der Waals surface area contributed by atoms with Gasteiger partial charge in [-0.1, -0.05) is 67.0 Å². The van der Waals surface area contributed by atoms with Crippen molar-refractivity contribution in [1.82, 2.24) is 5.32 Å². The number of likely N-dealkylation sites (N-methyl/N-ethyl adjacent to an activating group) is 1. The lowest BCUT2D eigenvalue weighted by molar-refractivity contribution is -0.270. The number of carboxylic acids is 1. The van der Waals surface area contributed by atoms with E-state index >= 15 is 0 Å². The number of allylic oxidation sites excluding steroid dienone is 1. The fourth-order valence-electron chi connectivity index (χ4n) is 12.8. The fourth-order valence-corrected chi connectivity index (χ4v) is 12.8. The Morgan fingerprint density at radius 1 is 1.02 bits per heavy atom. The molecule has 6 rings (SSSR count). The van der Waals surface area contributed by atoms with Gasteiger partial charge >= 0.3 is 5.97 Å². The van der Waals surface area contributed by atoms with E-state index in [0.717, 1.165) is 77.7 Å². The summed E-state index contributed by atoms with van der Waals surface area (Å²) in [5.74, 6) is 0.634. The molecule has 2 bridgehead atoms. The molecule has 0 aromatic carbocycles. The predicted octanol–water partition coefficient (Wildman–Crippen LogP) is 7.13. The van der Waals surface area contributed by atoms with E-state index in [2.05, 4.69) is 66.8 Å². The third-order valence-electron chi connectivity index (χ3n) is 15.9. The monoisotopic (exact) mass is 643 g/mol. The predicted molar refractivity (Wildman–Crippen MR) is 181 cm³/mol. The number of nitrogens with one attached hydrogen (secondary N) is 1. The summed E-state index contributed by atoms with van der Waals surface area (Å²) in [6, 6.07) is 0. The van der Waals surface area contributed by atoms with Gasteiger partial charge in [0, 0.05) is 36.7 Å². The van der Waals surface area contributed by atoms with Gasteiger partial charge < -0.3 is 29.4 Å². The first-order chi connectivity index (χ1) is 21.7. The Labute approximate surface area is 279 Å². The largest absolute Gasteiger partial charge is 0.481 e. The van der Waals surface area contributed by atoms with Crippen LogP contribution in [-0.2, 0) is 23.7 Å². The Balaban J connectivity index is 1.35. The highest BCUT2D eigenvalue weighted by Gasteiger charge is 2.71. The zero-order valence-corrected chi connectivity index (χ0v) is 30.5. The Morgan fingerprint density at radius 2 is 1.74 bits per heavy atom. The van der Waals surface area contributed by atoms with Gasteiger partial charge in [-0.15, -0.1) is 0 Å². The second-order valence-corrected chi connectivity index (χ2v) is 18.0. The van der Waals surface area contributed by atoms with Gasteiger partial charge in [0.25, 0.3) is 0 Å². The number of ether oxygens (including phenoxy) is 4. The summed E-state index contributed by atoms with van der Waals surface area (Å²) in [7, 11) is 1.87. The number of fused-ring (bicyclic) bond motifs is 3. The Morgan fingerprint density at radius 3 is 2.37 bits per heavy atom. The highest BCUT2D eigenvalue weighted by atomic mass is 16.5. The maximum atomic E-state index is 13.4. The molecule has 1 unspecified atom stereocenters. The van der Waals surface area contributed by atoms with E-state index < -0.39 is 5.97 Å². The Bertz CT molecular complexity index is 1180. The third kappa shape index (κ3) is 4.86. The van der Waals surface area contributed by atoms with Crippen LogP contribution in [-0.4, -0.2) is 75.5 Å². The molecule has 6 aliphatic rings. The Kier molecular flexibility index (Phi) is 9.17. The van der Waals surface area contributed by atoms with E-state index in [1.165, 1.54) is 0 Å². The van der Waals surface area contributed by atoms with Crippen molar-refractivity contribution in [3.63, 3.8) is 0 Å². The first-order valence-corrected chi connectivity index (χ1v) is 18.7. The van der Waals surface area contributed by atoms with Crippen LogP contribution in [0.5, 0.6) is 0 Å². The zero-order valence-electron chi connectivity index (χ0n) is 30.5. The van der Waals surface area contributed by atoms with Gasteiger partial charge in [0.1, 0.15) is 0 Å². The first-order valence-electron chi connectivity index (χ1n) is 18.7. The number of carbonyl (C=O) groups is 1. The maximum Gasteiger partial charge on any atom is 0.307 e. The molecule has 0 amide bonds. The van der Waals surface area contributed by atoms with E-state index in [-0.39, 0.29) is 50.7 Å². The summed E-state index contributed by atoms with van der Waals surface area (Å²) in [6.07, 6.45) is 10.4. The molecule has 2 aliphatic heterocycles. The molecule has 2 N–H and O–H groups in total. The normalized spacial score (nSPS) is 47.3. The van der Waals surface area contributed by atoms with Crippen molar-refractivity contribution in [2.45, 2.75) is 125 Å². The molecule has 0 radical (unpaired) electrons. The summed E-state index contributed by atoms with van der Waals surface area (Å²) in [6.45, 7) is 23.1. The summed E-state index contributed by atoms with van der Waals surface area (Å²) in [5.41, 5.74) is 0.629. The second kappa shape index (κ2) is 12.1. The average Bonchev–Trinajstić information content (AvgIpc) is 3.00. The maximum absolute atomic E-state index is 13.4. The van der Waals surface area contributed by atoms with Gasteiger partial charge in [-0.3, -0.25) is 4.79 Å². The number of carboxylic acid groups (broad SMARTS) is 1. The molecule has 0 aromatic rings. The lowest BCUT2D eigenvalue weighted by Crippen LogP contribution is -2.70. The van der Waals surface area contributed by atoms with Gasteiger partial charge in [-0.2, -0.15) is 0 Å². The lowest BCUT2D eigenvalue weighted by atomic mass is 9.34. The van der Waals surface area contributed by atoms with Crippen molar-refractivity contribution < 1.29 is 28.8 Å². The van der Waals surface area contributed by atoms with Crippen LogP contribution in [0, 0.1) is 56.7 Å². The molecule has 11 atom stereocenters. The van der Waals surface area contributed by atoms with Crippen molar-refractivity contribution in [2.24, 2.45) is 56.7 Å². The van der Waals surface area contributed by atoms with Crippen LogP contribution in [0.15, 0.2) is 11.6 Å². The van der Waals surface area contributed by atoms with Crippen LogP contribution in [0.25, 0.3) is 0 Å². The van der Waals surface area contributed by atoms with Crippen LogP contribution in [0.3, 0.4) is 0 Å². The molecule has 7 nitrogen and oxygen atoms in total. The summed E-state index contributed by atoms with van der Waals surface area (Å²) in [4.78, 5) is 13.4. The molecule has 4 aliphatic carbocycles. The summed E-state index contributed by atoms with van der Waals surface area (Å²) < 4.78 is 25.9. The molecule has 7 heteroatoms. The number of hydrogen-bond acceptors (Lipinski definition) is 6. The molecular weight excluding hydrogens is 578 g/mol. The van der Waals surface area contributed by atoms with Gasteiger partial charge in [0.2, 0.25) is 0 Å². The van der Waals surface area contributed by atoms with Gasteiger partial charge in [0.05, 0.1) is 37.9 Å². The van der Waals surface area contributed by atoms with E-state index in [9.17, 15) is 9.90 Å². The highest BCUT2D eigenvalue weighted by Crippen LogP contribution is 2.75. The second-order valence-electron chi connectivity index (χ2n) is 18.0. The third-order valence-corrected chi connectivity index (χ3v) is 15.9. The van der Waals surface area contributed by atoms with E-state index in [0.29, 0.717) is 36.9 Å². The van der Waals surface area contributed by atoms with Crippen molar-refractivity contribution >= 4 is 5.97 Å². The summed E-state index contributed by atoms with van der Waals surface area (Å²) in [5, 5.41) is 14.8. The van der Waals surface area contributed by atoms with Gasteiger partial charge in [-0.25, -0.2) is 0 Å². The van der Waals surface area contributed by atoms with Crippen molar-refractivity contribution in [2.75, 3.05) is 46.7 Å². The molecule has 2 saturated heterocycles. The minimum absolute atomic E-state index is 0.0160. The van der Waals surface area contributed by atoms with E-state index in [1.807, 2.05) is 7.11 Å². The molecule has 262 valence electrons. The number of methoxy groups -OCH3 is 1. The highest BCUT2D eigenvalue weighted by molar-refractivity contribution is 5.73. The average molecular weight is 644 g/mol. The van der Waals surface area contributed by atoms with Gasteiger partial charge in [0.15, 0.2) is 0 Å².